The number of aromatic nitrogens is 2. The van der Waals surface area contributed by atoms with E-state index in [1.807, 2.05) is 0 Å². The number of carbonyl (C=O) groups excluding carboxylic acids is 1. The Kier molecular flexibility index (Phi) is 7.78. The summed E-state index contributed by atoms with van der Waals surface area (Å²) in [5.41, 5.74) is -0.0498. The number of hydrogen-bond donors (Lipinski definition) is 2. The smallest absolute Gasteiger partial charge is 0.401 e. The monoisotopic (exact) mass is 572 g/mol. The van der Waals surface area contributed by atoms with Gasteiger partial charge >= 0.3 is 17.8 Å². The number of hydrogen-bond acceptors (Lipinski definition) is 5. The van der Waals surface area contributed by atoms with Gasteiger partial charge in [-0.1, -0.05) is 30.3 Å². The number of carboxylic acids is 1. The number of amides is 1. The summed E-state index contributed by atoms with van der Waals surface area (Å²) >= 11 is 0. The highest BCUT2D eigenvalue weighted by Gasteiger charge is 2.41. The van der Waals surface area contributed by atoms with Crippen molar-refractivity contribution in [3.05, 3.63) is 75.1 Å². The summed E-state index contributed by atoms with van der Waals surface area (Å²) < 4.78 is 41.0. The summed E-state index contributed by atoms with van der Waals surface area (Å²) in [6.07, 6.45) is -1.32. The van der Waals surface area contributed by atoms with Crippen molar-refractivity contribution in [2.45, 2.75) is 37.9 Å². The molecule has 9 nitrogen and oxygen atoms in total. The predicted octanol–water partition coefficient (Wildman–Crippen LogP) is 2.71. The first-order chi connectivity index (χ1) is 19.4. The lowest BCUT2D eigenvalue weighted by atomic mass is 9.72. The highest BCUT2D eigenvalue weighted by Crippen LogP contribution is 2.39. The molecule has 1 aromatic heterocycles. The van der Waals surface area contributed by atoms with Crippen molar-refractivity contribution < 1.29 is 27.9 Å². The van der Waals surface area contributed by atoms with Crippen LogP contribution in [0.2, 0.25) is 0 Å². The summed E-state index contributed by atoms with van der Waals surface area (Å²) in [6, 6.07) is 10.3. The van der Waals surface area contributed by atoms with Crippen LogP contribution in [0.5, 0.6) is 0 Å². The highest BCUT2D eigenvalue weighted by molar-refractivity contribution is 5.93. The number of nitrogens with zero attached hydrogens (tertiary/aromatic N) is 3. The molecule has 2 heterocycles. The van der Waals surface area contributed by atoms with Crippen LogP contribution in [0.3, 0.4) is 0 Å². The van der Waals surface area contributed by atoms with E-state index in [2.05, 4.69) is 5.32 Å². The molecule has 2 bridgehead atoms. The van der Waals surface area contributed by atoms with E-state index in [-0.39, 0.29) is 31.3 Å². The Bertz CT molecular complexity index is 1580. The molecule has 0 radical (unpaired) electrons. The second-order valence-electron chi connectivity index (χ2n) is 11.2. The van der Waals surface area contributed by atoms with Crippen LogP contribution in [-0.4, -0.2) is 62.9 Å². The molecule has 2 aromatic carbocycles. The maximum Gasteiger partial charge on any atom is 0.401 e. The first-order valence-electron chi connectivity index (χ1n) is 13.5. The zero-order valence-corrected chi connectivity index (χ0v) is 22.4. The number of nitrogens with one attached hydrogen (secondary N) is 1. The Labute approximate surface area is 233 Å². The van der Waals surface area contributed by atoms with Crippen LogP contribution in [0.1, 0.15) is 24.8 Å². The normalized spacial score (nSPS) is 21.9. The zero-order valence-electron chi connectivity index (χ0n) is 22.4. The van der Waals surface area contributed by atoms with Gasteiger partial charge in [-0.3, -0.25) is 14.5 Å². The molecule has 5 rings (SSSR count). The third-order valence-electron chi connectivity index (χ3n) is 8.13. The quantitative estimate of drug-likeness (QED) is 0.450. The minimum atomic E-state index is -4.27. The molecule has 1 aliphatic heterocycles. The van der Waals surface area contributed by atoms with Crippen molar-refractivity contribution in [2.75, 3.05) is 19.6 Å². The minimum absolute atomic E-state index is 0.0392. The maximum absolute atomic E-state index is 13.2. The molecule has 12 heteroatoms. The fourth-order valence-corrected chi connectivity index (χ4v) is 6.49. The van der Waals surface area contributed by atoms with E-state index in [0.717, 1.165) is 11.0 Å². The van der Waals surface area contributed by atoms with Crippen molar-refractivity contribution >= 4 is 22.6 Å². The largest absolute Gasteiger partial charge is 0.480 e. The molecule has 1 saturated carbocycles. The second-order valence-corrected chi connectivity index (χ2v) is 11.2. The molecule has 0 spiro atoms. The van der Waals surface area contributed by atoms with Gasteiger partial charge in [-0.2, -0.15) is 13.2 Å². The van der Waals surface area contributed by atoms with Crippen molar-refractivity contribution in [1.29, 1.82) is 0 Å². The Morgan fingerprint density at radius 2 is 1.66 bits per heavy atom. The van der Waals surface area contributed by atoms with E-state index < -0.39 is 47.8 Å². The number of carboxylic acid groups (broad SMARTS) is 1. The van der Waals surface area contributed by atoms with Gasteiger partial charge in [0.25, 0.3) is 5.56 Å². The Morgan fingerprint density at radius 1 is 1.00 bits per heavy atom. The lowest BCUT2D eigenvalue weighted by Gasteiger charge is -2.44. The SMILES string of the molecule is Cn1ccc(=O)n(-c2cccc3c(C[C@H](NC(=O)C4CC5CC(C4)CN(CC(F)(F)F)C5)C(=O)O)cccc23)c1=O. The lowest BCUT2D eigenvalue weighted by molar-refractivity contribution is -0.155. The van der Waals surface area contributed by atoms with Gasteiger partial charge < -0.3 is 15.0 Å². The van der Waals surface area contributed by atoms with Gasteiger partial charge in [0.15, 0.2) is 0 Å². The van der Waals surface area contributed by atoms with E-state index in [9.17, 15) is 37.5 Å². The van der Waals surface area contributed by atoms with Crippen molar-refractivity contribution in [1.82, 2.24) is 19.4 Å². The first kappa shape index (κ1) is 28.6. The van der Waals surface area contributed by atoms with E-state index >= 15 is 0 Å². The Hall–Kier alpha value is -3.93. The number of halogens is 3. The zero-order chi connectivity index (χ0) is 29.5. The Morgan fingerprint density at radius 3 is 2.32 bits per heavy atom. The first-order valence-corrected chi connectivity index (χ1v) is 13.5. The van der Waals surface area contributed by atoms with Crippen LogP contribution < -0.4 is 16.6 Å². The number of likely N-dealkylation sites (tertiary alicyclic amines) is 1. The van der Waals surface area contributed by atoms with Gasteiger partial charge in [0.05, 0.1) is 12.2 Å². The number of aliphatic carboxylic acids is 1. The molecule has 1 amide bonds. The van der Waals surface area contributed by atoms with Gasteiger partial charge in [0.2, 0.25) is 5.91 Å². The molecule has 1 saturated heterocycles. The number of alkyl halides is 3. The number of piperidine rings is 1. The third-order valence-corrected chi connectivity index (χ3v) is 8.13. The molecule has 3 aromatic rings. The summed E-state index contributed by atoms with van der Waals surface area (Å²) in [5, 5.41) is 13.9. The second kappa shape index (κ2) is 11.2. The molecule has 2 N–H and O–H groups in total. The summed E-state index contributed by atoms with van der Waals surface area (Å²) in [7, 11) is 1.53. The number of fused-ring (bicyclic) bond motifs is 3. The average Bonchev–Trinajstić information content (AvgIpc) is 2.89. The maximum atomic E-state index is 13.2. The van der Waals surface area contributed by atoms with Crippen LogP contribution in [0.25, 0.3) is 16.5 Å². The molecule has 2 fully saturated rings. The van der Waals surface area contributed by atoms with Crippen molar-refractivity contribution in [3.63, 3.8) is 0 Å². The van der Waals surface area contributed by atoms with Gasteiger partial charge in [0, 0.05) is 50.1 Å². The molecular weight excluding hydrogens is 541 g/mol. The molecule has 3 atom stereocenters. The fraction of sp³-hybridized carbons (Fsp3) is 0.448. The lowest BCUT2D eigenvalue weighted by Crippen LogP contribution is -2.51. The number of aryl methyl sites for hydroxylation is 1. The predicted molar refractivity (Wildman–Crippen MR) is 145 cm³/mol. The summed E-state index contributed by atoms with van der Waals surface area (Å²) in [5.74, 6) is -2.18. The van der Waals surface area contributed by atoms with Gasteiger partial charge in [-0.05, 0) is 48.1 Å². The number of carbonyl (C=O) groups is 2. The molecule has 218 valence electrons. The van der Waals surface area contributed by atoms with Gasteiger partial charge in [-0.25, -0.2) is 14.2 Å². The third kappa shape index (κ3) is 6.22. The van der Waals surface area contributed by atoms with Gasteiger partial charge in [0.1, 0.15) is 6.04 Å². The van der Waals surface area contributed by atoms with E-state index in [1.54, 1.807) is 36.4 Å². The van der Waals surface area contributed by atoms with Crippen molar-refractivity contribution in [3.8, 4) is 5.69 Å². The Balaban J connectivity index is 1.35. The van der Waals surface area contributed by atoms with E-state index in [1.165, 1.54) is 28.8 Å². The molecule has 2 unspecified atom stereocenters. The number of benzene rings is 2. The molecular formula is C29H31F3N4O5. The highest BCUT2D eigenvalue weighted by atomic mass is 19.4. The average molecular weight is 573 g/mol. The molecule has 1 aliphatic carbocycles. The van der Waals surface area contributed by atoms with E-state index in [0.29, 0.717) is 34.9 Å². The minimum Gasteiger partial charge on any atom is -0.480 e. The van der Waals surface area contributed by atoms with Crippen molar-refractivity contribution in [2.24, 2.45) is 24.8 Å². The van der Waals surface area contributed by atoms with Crippen LogP contribution >= 0.6 is 0 Å². The van der Waals surface area contributed by atoms with Crippen LogP contribution in [0, 0.1) is 17.8 Å². The summed E-state index contributed by atoms with van der Waals surface area (Å²) in [6.45, 7) is -0.416. The standard InChI is InChI=1S/C29H31F3N4O5/c1-34-9-8-25(37)36(28(34)41)24-7-3-5-21-19(4-2-6-22(21)24)13-23(27(39)40)33-26(38)20-11-17-10-18(12-20)15-35(14-17)16-29(30,31)32/h2-9,17-18,20,23H,10-16H2,1H3,(H,33,38)(H,39,40)/t17?,18?,20?,23-/m0/s1. The fourth-order valence-electron chi connectivity index (χ4n) is 6.49. The van der Waals surface area contributed by atoms with Crippen LogP contribution in [0.4, 0.5) is 13.2 Å². The van der Waals surface area contributed by atoms with Gasteiger partial charge in [-0.15, -0.1) is 0 Å². The topological polar surface area (TPSA) is 114 Å². The van der Waals surface area contributed by atoms with Crippen LogP contribution in [-0.2, 0) is 23.1 Å². The number of rotatable bonds is 7. The summed E-state index contributed by atoms with van der Waals surface area (Å²) in [4.78, 5) is 52.2. The van der Waals surface area contributed by atoms with E-state index in [4.69, 9.17) is 0 Å². The van der Waals surface area contributed by atoms with Crippen LogP contribution in [0.15, 0.2) is 58.3 Å². The molecule has 2 aliphatic rings. The molecule has 41 heavy (non-hydrogen) atoms.